The highest BCUT2D eigenvalue weighted by Gasteiger charge is 2.10. The van der Waals surface area contributed by atoms with Crippen molar-refractivity contribution in [3.8, 4) is 11.8 Å². The maximum absolute atomic E-state index is 13.4. The summed E-state index contributed by atoms with van der Waals surface area (Å²) in [6.07, 6.45) is 3.23. The zero-order valence-electron chi connectivity index (χ0n) is 11.1. The first-order valence-corrected chi connectivity index (χ1v) is 6.18. The van der Waals surface area contributed by atoms with Crippen molar-refractivity contribution in [2.75, 3.05) is 20.3 Å². The van der Waals surface area contributed by atoms with Crippen LogP contribution in [0.15, 0.2) is 30.6 Å². The van der Waals surface area contributed by atoms with Crippen molar-refractivity contribution in [1.82, 2.24) is 14.9 Å². The molecule has 5 nitrogen and oxygen atoms in total. The van der Waals surface area contributed by atoms with Crippen LogP contribution >= 0.6 is 0 Å². The molecule has 1 aromatic heterocycles. The third-order valence-corrected chi connectivity index (χ3v) is 2.84. The molecule has 1 N–H and O–H groups in total. The Morgan fingerprint density at radius 1 is 1.50 bits per heavy atom. The van der Waals surface area contributed by atoms with E-state index in [4.69, 9.17) is 10.00 Å². The zero-order chi connectivity index (χ0) is 14.4. The molecule has 0 aliphatic heterocycles. The molecule has 0 unspecified atom stereocenters. The number of nitriles is 1. The van der Waals surface area contributed by atoms with Gasteiger partial charge in [-0.2, -0.15) is 5.26 Å². The molecule has 0 bridgehead atoms. The molecule has 0 atom stereocenters. The molecular formula is C14H15FN4O. The van der Waals surface area contributed by atoms with Gasteiger partial charge in [0.25, 0.3) is 0 Å². The molecule has 104 valence electrons. The molecule has 2 rings (SSSR count). The average molecular weight is 274 g/mol. The Hall–Kier alpha value is -2.23. The van der Waals surface area contributed by atoms with E-state index in [-0.39, 0.29) is 11.6 Å². The SMILES string of the molecule is COCCNCc1cc(F)ccc1-n1ccnc1C#N. The van der Waals surface area contributed by atoms with Crippen LogP contribution in [0.25, 0.3) is 5.69 Å². The Balaban J connectivity index is 2.26. The lowest BCUT2D eigenvalue weighted by Gasteiger charge is -2.12. The highest BCUT2D eigenvalue weighted by atomic mass is 19.1. The van der Waals surface area contributed by atoms with Gasteiger partial charge in [0.15, 0.2) is 0 Å². The maximum Gasteiger partial charge on any atom is 0.217 e. The minimum absolute atomic E-state index is 0.273. The molecular weight excluding hydrogens is 259 g/mol. The summed E-state index contributed by atoms with van der Waals surface area (Å²) in [5, 5.41) is 12.2. The Morgan fingerprint density at radius 2 is 2.35 bits per heavy atom. The molecule has 0 saturated carbocycles. The van der Waals surface area contributed by atoms with Crippen LogP contribution in [-0.4, -0.2) is 29.8 Å². The highest BCUT2D eigenvalue weighted by molar-refractivity contribution is 5.44. The topological polar surface area (TPSA) is 62.9 Å². The standard InChI is InChI=1S/C14H15FN4O/c1-20-7-5-17-10-11-8-12(15)2-3-13(11)19-6-4-18-14(19)9-16/h2-4,6,8,17H,5,7,10H2,1H3. The van der Waals surface area contributed by atoms with Gasteiger partial charge in [-0.25, -0.2) is 9.37 Å². The normalized spacial score (nSPS) is 10.4. The van der Waals surface area contributed by atoms with Crippen LogP contribution in [0.4, 0.5) is 4.39 Å². The minimum atomic E-state index is -0.309. The number of nitrogens with one attached hydrogen (secondary N) is 1. The van der Waals surface area contributed by atoms with E-state index in [0.717, 1.165) is 11.3 Å². The van der Waals surface area contributed by atoms with Crippen molar-refractivity contribution in [2.45, 2.75) is 6.54 Å². The molecule has 0 spiro atoms. The van der Waals surface area contributed by atoms with Crippen molar-refractivity contribution < 1.29 is 9.13 Å². The number of imidazole rings is 1. The summed E-state index contributed by atoms with van der Waals surface area (Å²) >= 11 is 0. The molecule has 0 fully saturated rings. The third kappa shape index (κ3) is 3.20. The summed E-state index contributed by atoms with van der Waals surface area (Å²) in [7, 11) is 1.62. The van der Waals surface area contributed by atoms with Gasteiger partial charge in [0.05, 0.1) is 12.3 Å². The predicted molar refractivity (Wildman–Crippen MR) is 71.8 cm³/mol. The van der Waals surface area contributed by atoms with Crippen LogP contribution in [0.3, 0.4) is 0 Å². The molecule has 20 heavy (non-hydrogen) atoms. The quantitative estimate of drug-likeness (QED) is 0.813. The van der Waals surface area contributed by atoms with E-state index >= 15 is 0 Å². The van der Waals surface area contributed by atoms with Crippen molar-refractivity contribution >= 4 is 0 Å². The van der Waals surface area contributed by atoms with Crippen LogP contribution in [0, 0.1) is 17.1 Å². The maximum atomic E-state index is 13.4. The van der Waals surface area contributed by atoms with E-state index in [9.17, 15) is 4.39 Å². The van der Waals surface area contributed by atoms with Crippen molar-refractivity contribution in [3.63, 3.8) is 0 Å². The van der Waals surface area contributed by atoms with E-state index in [0.29, 0.717) is 19.7 Å². The number of halogens is 1. The fourth-order valence-electron chi connectivity index (χ4n) is 1.91. The van der Waals surface area contributed by atoms with E-state index in [2.05, 4.69) is 10.3 Å². The lowest BCUT2D eigenvalue weighted by atomic mass is 10.1. The van der Waals surface area contributed by atoms with Crippen LogP contribution in [0.5, 0.6) is 0 Å². The first kappa shape index (κ1) is 14.2. The van der Waals surface area contributed by atoms with Gasteiger partial charge in [-0.3, -0.25) is 4.57 Å². The van der Waals surface area contributed by atoms with Gasteiger partial charge in [0.2, 0.25) is 5.82 Å². The van der Waals surface area contributed by atoms with Crippen molar-refractivity contribution in [3.05, 3.63) is 47.8 Å². The Morgan fingerprint density at radius 3 is 3.10 bits per heavy atom. The predicted octanol–water partition coefficient (Wildman–Crippen LogP) is 1.62. The van der Waals surface area contributed by atoms with Gasteiger partial charge in [-0.1, -0.05) is 0 Å². The Kier molecular flexibility index (Phi) is 4.82. The second kappa shape index (κ2) is 6.80. The van der Waals surface area contributed by atoms with E-state index in [1.165, 1.54) is 12.1 Å². The van der Waals surface area contributed by atoms with Gasteiger partial charge < -0.3 is 10.1 Å². The number of ether oxygens (including phenoxy) is 1. The summed E-state index contributed by atoms with van der Waals surface area (Å²) in [5.41, 5.74) is 1.50. The molecule has 0 aliphatic carbocycles. The molecule has 0 aliphatic rings. The minimum Gasteiger partial charge on any atom is -0.383 e. The monoisotopic (exact) mass is 274 g/mol. The smallest absolute Gasteiger partial charge is 0.217 e. The van der Waals surface area contributed by atoms with Gasteiger partial charge in [0, 0.05) is 32.6 Å². The number of nitrogens with zero attached hydrogens (tertiary/aromatic N) is 3. The largest absolute Gasteiger partial charge is 0.383 e. The molecule has 1 heterocycles. The molecule has 0 radical (unpaired) electrons. The zero-order valence-corrected chi connectivity index (χ0v) is 11.1. The van der Waals surface area contributed by atoms with Gasteiger partial charge in [-0.15, -0.1) is 0 Å². The van der Waals surface area contributed by atoms with Gasteiger partial charge >= 0.3 is 0 Å². The van der Waals surface area contributed by atoms with Crippen molar-refractivity contribution in [2.24, 2.45) is 0 Å². The number of methoxy groups -OCH3 is 1. The number of hydrogen-bond acceptors (Lipinski definition) is 4. The summed E-state index contributed by atoms with van der Waals surface area (Å²) in [5.74, 6) is -0.0364. The lowest BCUT2D eigenvalue weighted by molar-refractivity contribution is 0.199. The first-order valence-electron chi connectivity index (χ1n) is 6.18. The summed E-state index contributed by atoms with van der Waals surface area (Å²) < 4.78 is 20.0. The lowest BCUT2D eigenvalue weighted by Crippen LogP contribution is -2.19. The van der Waals surface area contributed by atoms with E-state index in [1.54, 1.807) is 30.1 Å². The van der Waals surface area contributed by atoms with Gasteiger partial charge in [-0.05, 0) is 23.8 Å². The fraction of sp³-hybridized carbons (Fsp3) is 0.286. The average Bonchev–Trinajstić information content (AvgIpc) is 2.92. The van der Waals surface area contributed by atoms with Crippen LogP contribution in [-0.2, 0) is 11.3 Å². The van der Waals surface area contributed by atoms with E-state index < -0.39 is 0 Å². The summed E-state index contributed by atoms with van der Waals surface area (Å²) in [4.78, 5) is 3.95. The second-order valence-corrected chi connectivity index (χ2v) is 4.18. The van der Waals surface area contributed by atoms with Crippen LogP contribution in [0.1, 0.15) is 11.4 Å². The number of rotatable bonds is 6. The Labute approximate surface area is 116 Å². The Bertz CT molecular complexity index is 618. The number of aromatic nitrogens is 2. The van der Waals surface area contributed by atoms with Crippen LogP contribution < -0.4 is 5.32 Å². The first-order chi connectivity index (χ1) is 9.76. The van der Waals surface area contributed by atoms with Crippen LogP contribution in [0.2, 0.25) is 0 Å². The number of benzene rings is 1. The third-order valence-electron chi connectivity index (χ3n) is 2.84. The number of hydrogen-bond donors (Lipinski definition) is 1. The second-order valence-electron chi connectivity index (χ2n) is 4.18. The molecule has 2 aromatic rings. The van der Waals surface area contributed by atoms with Gasteiger partial charge in [0.1, 0.15) is 11.9 Å². The van der Waals surface area contributed by atoms with Crippen molar-refractivity contribution in [1.29, 1.82) is 5.26 Å². The molecule has 1 aromatic carbocycles. The summed E-state index contributed by atoms with van der Waals surface area (Å²) in [6, 6.07) is 6.48. The highest BCUT2D eigenvalue weighted by Crippen LogP contribution is 2.17. The van der Waals surface area contributed by atoms with E-state index in [1.807, 2.05) is 6.07 Å². The molecule has 0 saturated heterocycles. The fourth-order valence-corrected chi connectivity index (χ4v) is 1.91. The molecule has 6 heteroatoms. The summed E-state index contributed by atoms with van der Waals surface area (Å²) in [6.45, 7) is 1.74. The molecule has 0 amide bonds.